The van der Waals surface area contributed by atoms with E-state index in [0.29, 0.717) is 16.3 Å². The lowest BCUT2D eigenvalue weighted by atomic mass is 10.0. The van der Waals surface area contributed by atoms with Crippen LogP contribution in [0.15, 0.2) is 48.0 Å². The normalized spacial score (nSPS) is 18.4. The first-order valence-corrected chi connectivity index (χ1v) is 10.5. The van der Waals surface area contributed by atoms with Gasteiger partial charge >= 0.3 is 6.03 Å². The molecule has 2 saturated heterocycles. The summed E-state index contributed by atoms with van der Waals surface area (Å²) >= 11 is 6.00. The Bertz CT molecular complexity index is 1080. The van der Waals surface area contributed by atoms with Crippen LogP contribution in [0.2, 0.25) is 5.02 Å². The van der Waals surface area contributed by atoms with Gasteiger partial charge in [0.15, 0.2) is 0 Å². The highest BCUT2D eigenvalue weighted by atomic mass is 35.5. The van der Waals surface area contributed by atoms with Gasteiger partial charge in [-0.3, -0.25) is 14.9 Å². The number of barbiturate groups is 1. The number of carbonyl (C=O) groups excluding carboxylic acids is 3. The fourth-order valence-corrected chi connectivity index (χ4v) is 4.02. The number of piperidine rings is 1. The monoisotopic (exact) mass is 439 g/mol. The first-order chi connectivity index (χ1) is 15.0. The molecule has 0 atom stereocenters. The predicted octanol–water partition coefficient (Wildman–Crippen LogP) is 4.01. The summed E-state index contributed by atoms with van der Waals surface area (Å²) < 4.78 is 5.52. The molecule has 0 radical (unpaired) electrons. The average Bonchev–Trinajstić information content (AvgIpc) is 2.77. The van der Waals surface area contributed by atoms with Crippen LogP contribution in [0, 0.1) is 0 Å². The van der Waals surface area contributed by atoms with Gasteiger partial charge in [-0.25, -0.2) is 9.69 Å². The lowest BCUT2D eigenvalue weighted by molar-refractivity contribution is -0.122. The van der Waals surface area contributed by atoms with Gasteiger partial charge in [0, 0.05) is 35.4 Å². The largest absolute Gasteiger partial charge is 0.496 e. The number of rotatable bonds is 4. The number of hydrogen-bond donors (Lipinski definition) is 1. The summed E-state index contributed by atoms with van der Waals surface area (Å²) in [6, 6.07) is 11.2. The van der Waals surface area contributed by atoms with Crippen molar-refractivity contribution in [2.24, 2.45) is 0 Å². The molecule has 0 saturated carbocycles. The Morgan fingerprint density at radius 1 is 1.00 bits per heavy atom. The van der Waals surface area contributed by atoms with E-state index in [1.54, 1.807) is 25.3 Å². The van der Waals surface area contributed by atoms with E-state index in [1.165, 1.54) is 18.6 Å². The number of methoxy groups -OCH3 is 1. The first-order valence-electron chi connectivity index (χ1n) is 10.1. The van der Waals surface area contributed by atoms with Gasteiger partial charge < -0.3 is 9.64 Å². The fraction of sp³-hybridized carbons (Fsp3) is 0.261. The van der Waals surface area contributed by atoms with Crippen LogP contribution in [0.5, 0.6) is 5.75 Å². The second kappa shape index (κ2) is 8.81. The van der Waals surface area contributed by atoms with Crippen LogP contribution >= 0.6 is 11.6 Å². The van der Waals surface area contributed by atoms with Crippen molar-refractivity contribution in [2.75, 3.05) is 30.0 Å². The van der Waals surface area contributed by atoms with Gasteiger partial charge in [0.1, 0.15) is 11.3 Å². The Morgan fingerprint density at radius 2 is 1.77 bits per heavy atom. The zero-order chi connectivity index (χ0) is 22.0. The number of benzene rings is 2. The summed E-state index contributed by atoms with van der Waals surface area (Å²) in [5.41, 5.74) is 1.72. The standard InChI is InChI=1S/C23H22ClN3O4/c1-31-20-14-17(26-10-3-2-4-11-26)9-8-15(20)12-19-21(28)25-23(30)27(22(19)29)18-7-5-6-16(24)13-18/h5-9,12-14H,2-4,10-11H2,1H3,(H,25,28,30)/b19-12+. The van der Waals surface area contributed by atoms with Crippen LogP contribution in [0.25, 0.3) is 6.08 Å². The van der Waals surface area contributed by atoms with E-state index in [2.05, 4.69) is 10.2 Å². The van der Waals surface area contributed by atoms with Crippen molar-refractivity contribution in [3.8, 4) is 5.75 Å². The molecule has 2 fully saturated rings. The summed E-state index contributed by atoms with van der Waals surface area (Å²) in [6.45, 7) is 1.97. The molecule has 8 heteroatoms. The Hall–Kier alpha value is -3.32. The highest BCUT2D eigenvalue weighted by Crippen LogP contribution is 2.31. The SMILES string of the molecule is COc1cc(N2CCCCC2)ccc1/C=C1\C(=O)NC(=O)N(c2cccc(Cl)c2)C1=O. The minimum Gasteiger partial charge on any atom is -0.496 e. The molecule has 0 bridgehead atoms. The third kappa shape index (κ3) is 4.27. The Labute approximate surface area is 185 Å². The number of nitrogens with one attached hydrogen (secondary N) is 1. The molecule has 0 spiro atoms. The van der Waals surface area contributed by atoms with E-state index >= 15 is 0 Å². The van der Waals surface area contributed by atoms with E-state index in [-0.39, 0.29) is 11.3 Å². The van der Waals surface area contributed by atoms with E-state index in [0.717, 1.165) is 36.5 Å². The molecule has 1 N–H and O–H groups in total. The number of anilines is 2. The predicted molar refractivity (Wildman–Crippen MR) is 120 cm³/mol. The second-order valence-electron chi connectivity index (χ2n) is 7.41. The maximum Gasteiger partial charge on any atom is 0.335 e. The van der Waals surface area contributed by atoms with E-state index < -0.39 is 17.8 Å². The Morgan fingerprint density at radius 3 is 2.48 bits per heavy atom. The molecule has 2 aromatic carbocycles. The van der Waals surface area contributed by atoms with Crippen LogP contribution in [0.1, 0.15) is 24.8 Å². The van der Waals surface area contributed by atoms with E-state index in [1.807, 2.05) is 18.2 Å². The first kappa shape index (κ1) is 20.9. The molecule has 4 rings (SSSR count). The molecule has 2 aromatic rings. The zero-order valence-electron chi connectivity index (χ0n) is 17.1. The van der Waals surface area contributed by atoms with Crippen LogP contribution in [-0.2, 0) is 9.59 Å². The summed E-state index contributed by atoms with van der Waals surface area (Å²) in [5, 5.41) is 2.59. The maximum absolute atomic E-state index is 13.1. The molecule has 4 amide bonds. The van der Waals surface area contributed by atoms with Crippen molar-refractivity contribution < 1.29 is 19.1 Å². The smallest absolute Gasteiger partial charge is 0.335 e. The summed E-state index contributed by atoms with van der Waals surface area (Å²) in [7, 11) is 1.54. The number of imide groups is 2. The molecule has 0 aliphatic carbocycles. The number of amides is 4. The van der Waals surface area contributed by atoms with Gasteiger partial charge in [0.05, 0.1) is 12.8 Å². The van der Waals surface area contributed by atoms with Gasteiger partial charge in [-0.1, -0.05) is 17.7 Å². The van der Waals surface area contributed by atoms with Gasteiger partial charge in [0.2, 0.25) is 0 Å². The third-order valence-corrected chi connectivity index (χ3v) is 5.64. The van der Waals surface area contributed by atoms with Crippen molar-refractivity contribution in [1.29, 1.82) is 0 Å². The van der Waals surface area contributed by atoms with Crippen molar-refractivity contribution in [1.82, 2.24) is 5.32 Å². The number of carbonyl (C=O) groups is 3. The number of halogens is 1. The fourth-order valence-electron chi connectivity index (χ4n) is 3.83. The number of ether oxygens (including phenoxy) is 1. The van der Waals surface area contributed by atoms with E-state index in [9.17, 15) is 14.4 Å². The molecule has 160 valence electrons. The third-order valence-electron chi connectivity index (χ3n) is 5.41. The quantitative estimate of drug-likeness (QED) is 0.575. The highest BCUT2D eigenvalue weighted by molar-refractivity contribution is 6.39. The topological polar surface area (TPSA) is 79.0 Å². The van der Waals surface area contributed by atoms with E-state index in [4.69, 9.17) is 16.3 Å². The van der Waals surface area contributed by atoms with Gasteiger partial charge in [-0.2, -0.15) is 0 Å². The molecule has 7 nitrogen and oxygen atoms in total. The molecule has 0 unspecified atom stereocenters. The summed E-state index contributed by atoms with van der Waals surface area (Å²) in [4.78, 5) is 41.0. The number of nitrogens with zero attached hydrogens (tertiary/aromatic N) is 2. The summed E-state index contributed by atoms with van der Waals surface area (Å²) in [5.74, 6) is -0.934. The molecule has 2 aliphatic heterocycles. The van der Waals surface area contributed by atoms with Crippen LogP contribution in [0.3, 0.4) is 0 Å². The summed E-state index contributed by atoms with van der Waals surface area (Å²) in [6.07, 6.45) is 4.98. The van der Waals surface area contributed by atoms with Crippen LogP contribution in [-0.4, -0.2) is 38.0 Å². The average molecular weight is 440 g/mol. The molecular weight excluding hydrogens is 418 g/mol. The Kier molecular flexibility index (Phi) is 5.95. The Balaban J connectivity index is 1.68. The zero-order valence-corrected chi connectivity index (χ0v) is 17.8. The van der Waals surface area contributed by atoms with Crippen molar-refractivity contribution in [3.63, 3.8) is 0 Å². The molecule has 2 heterocycles. The molecule has 31 heavy (non-hydrogen) atoms. The molecule has 2 aliphatic rings. The van der Waals surface area contributed by atoms with Crippen molar-refractivity contribution >= 4 is 46.9 Å². The molecule has 0 aromatic heterocycles. The van der Waals surface area contributed by atoms with Crippen molar-refractivity contribution in [3.05, 3.63) is 58.6 Å². The lowest BCUT2D eigenvalue weighted by Crippen LogP contribution is -2.54. The van der Waals surface area contributed by atoms with Gasteiger partial charge in [0.25, 0.3) is 11.8 Å². The maximum atomic E-state index is 13.1. The van der Waals surface area contributed by atoms with Gasteiger partial charge in [-0.05, 0) is 55.7 Å². The minimum atomic E-state index is -0.818. The van der Waals surface area contributed by atoms with Crippen molar-refractivity contribution in [2.45, 2.75) is 19.3 Å². The van der Waals surface area contributed by atoms with Crippen LogP contribution < -0.4 is 19.9 Å². The van der Waals surface area contributed by atoms with Crippen LogP contribution in [0.4, 0.5) is 16.2 Å². The second-order valence-corrected chi connectivity index (χ2v) is 7.85. The highest BCUT2D eigenvalue weighted by Gasteiger charge is 2.37. The minimum absolute atomic E-state index is 0.163. The molecular formula is C23H22ClN3O4. The van der Waals surface area contributed by atoms with Gasteiger partial charge in [-0.15, -0.1) is 0 Å². The number of urea groups is 1. The number of hydrogen-bond acceptors (Lipinski definition) is 5. The lowest BCUT2D eigenvalue weighted by Gasteiger charge is -2.29.